The van der Waals surface area contributed by atoms with Crippen LogP contribution in [-0.4, -0.2) is 59.7 Å². The maximum absolute atomic E-state index is 12.4. The molecule has 0 bridgehead atoms. The fourth-order valence-corrected chi connectivity index (χ4v) is 3.24. The van der Waals surface area contributed by atoms with Gasteiger partial charge in [-0.25, -0.2) is 9.97 Å². The van der Waals surface area contributed by atoms with E-state index in [4.69, 9.17) is 4.74 Å². The van der Waals surface area contributed by atoms with Crippen LogP contribution in [0.5, 0.6) is 0 Å². The molecule has 2 aliphatic heterocycles. The van der Waals surface area contributed by atoms with Gasteiger partial charge >= 0.3 is 0 Å². The van der Waals surface area contributed by atoms with E-state index in [1.807, 2.05) is 17.9 Å². The third kappa shape index (κ3) is 3.80. The van der Waals surface area contributed by atoms with Gasteiger partial charge in [-0.1, -0.05) is 6.92 Å². The van der Waals surface area contributed by atoms with Gasteiger partial charge in [0.2, 0.25) is 0 Å². The highest BCUT2D eigenvalue weighted by Crippen LogP contribution is 2.19. The molecule has 0 saturated carbocycles. The maximum atomic E-state index is 12.4. The molecule has 0 spiro atoms. The third-order valence-electron chi connectivity index (χ3n) is 4.48. The molecule has 1 aromatic heterocycles. The van der Waals surface area contributed by atoms with Gasteiger partial charge in [0.25, 0.3) is 5.91 Å². The molecule has 2 saturated heterocycles. The van der Waals surface area contributed by atoms with Gasteiger partial charge in [-0.15, -0.1) is 0 Å². The number of ether oxygens (including phenoxy) is 1. The fraction of sp³-hybridized carbons (Fsp3) is 0.706. The van der Waals surface area contributed by atoms with Gasteiger partial charge in [0, 0.05) is 51.0 Å². The first-order chi connectivity index (χ1) is 11.2. The first-order valence-electron chi connectivity index (χ1n) is 8.67. The summed E-state index contributed by atoms with van der Waals surface area (Å²) in [7, 11) is 0. The van der Waals surface area contributed by atoms with E-state index in [1.165, 1.54) is 0 Å². The minimum Gasteiger partial charge on any atom is -0.368 e. The van der Waals surface area contributed by atoms with E-state index in [9.17, 15) is 4.79 Å². The number of hydrogen-bond donors (Lipinski definition) is 0. The van der Waals surface area contributed by atoms with Crippen molar-refractivity contribution in [1.29, 1.82) is 0 Å². The minimum atomic E-state index is -0.209. The second-order valence-electron chi connectivity index (χ2n) is 6.35. The zero-order valence-corrected chi connectivity index (χ0v) is 14.1. The third-order valence-corrected chi connectivity index (χ3v) is 4.48. The van der Waals surface area contributed by atoms with E-state index in [-0.39, 0.29) is 12.0 Å². The molecule has 0 aromatic carbocycles. The van der Waals surface area contributed by atoms with E-state index in [0.717, 1.165) is 75.8 Å². The molecule has 126 valence electrons. The molecule has 1 amide bonds. The van der Waals surface area contributed by atoms with E-state index >= 15 is 0 Å². The number of nitrogens with zero attached hydrogens (tertiary/aromatic N) is 4. The lowest BCUT2D eigenvalue weighted by Crippen LogP contribution is -2.51. The van der Waals surface area contributed by atoms with E-state index in [0.29, 0.717) is 0 Å². The summed E-state index contributed by atoms with van der Waals surface area (Å²) in [5.74, 6) is 2.07. The largest absolute Gasteiger partial charge is 0.368 e. The number of carbonyl (C=O) groups is 1. The van der Waals surface area contributed by atoms with Crippen LogP contribution in [0.15, 0.2) is 6.07 Å². The molecular weight excluding hydrogens is 292 g/mol. The molecule has 0 N–H and O–H groups in total. The molecular formula is C17H26N4O2. The van der Waals surface area contributed by atoms with Crippen LogP contribution in [0.3, 0.4) is 0 Å². The van der Waals surface area contributed by atoms with Crippen molar-refractivity contribution in [2.75, 3.05) is 37.7 Å². The number of piperazine rings is 1. The van der Waals surface area contributed by atoms with Crippen molar-refractivity contribution in [1.82, 2.24) is 14.9 Å². The normalized spacial score (nSPS) is 21.7. The Labute approximate surface area is 137 Å². The molecule has 3 rings (SSSR count). The summed E-state index contributed by atoms with van der Waals surface area (Å²) in [6.45, 7) is 8.00. The molecule has 1 aromatic rings. The van der Waals surface area contributed by atoms with E-state index < -0.39 is 0 Å². The summed E-state index contributed by atoms with van der Waals surface area (Å²) in [5, 5.41) is 0. The first kappa shape index (κ1) is 16.2. The Morgan fingerprint density at radius 2 is 2.09 bits per heavy atom. The lowest BCUT2D eigenvalue weighted by atomic mass is 10.2. The van der Waals surface area contributed by atoms with Crippen LogP contribution in [0.1, 0.15) is 37.7 Å². The van der Waals surface area contributed by atoms with Crippen molar-refractivity contribution in [3.63, 3.8) is 0 Å². The molecule has 3 heterocycles. The highest BCUT2D eigenvalue weighted by molar-refractivity contribution is 5.81. The molecule has 0 unspecified atom stereocenters. The number of hydrogen-bond acceptors (Lipinski definition) is 5. The van der Waals surface area contributed by atoms with Crippen LogP contribution < -0.4 is 4.90 Å². The lowest BCUT2D eigenvalue weighted by molar-refractivity contribution is -0.141. The average Bonchev–Trinajstić information content (AvgIpc) is 3.08. The highest BCUT2D eigenvalue weighted by atomic mass is 16.5. The van der Waals surface area contributed by atoms with Crippen LogP contribution in [0.25, 0.3) is 0 Å². The Morgan fingerprint density at radius 3 is 2.74 bits per heavy atom. The number of carbonyl (C=O) groups excluding carboxylic acids is 1. The molecule has 2 fully saturated rings. The molecule has 2 aliphatic rings. The van der Waals surface area contributed by atoms with Crippen molar-refractivity contribution in [3.8, 4) is 0 Å². The molecule has 6 heteroatoms. The van der Waals surface area contributed by atoms with E-state index in [2.05, 4.69) is 21.8 Å². The van der Waals surface area contributed by atoms with E-state index in [1.54, 1.807) is 0 Å². The summed E-state index contributed by atoms with van der Waals surface area (Å²) in [4.78, 5) is 25.8. The monoisotopic (exact) mass is 318 g/mol. The predicted octanol–water partition coefficient (Wildman–Crippen LogP) is 1.57. The molecule has 0 radical (unpaired) electrons. The van der Waals surface area contributed by atoms with Crippen LogP contribution in [0, 0.1) is 6.92 Å². The zero-order chi connectivity index (χ0) is 16.2. The summed E-state index contributed by atoms with van der Waals surface area (Å²) in [5.41, 5.74) is 1.01. The maximum Gasteiger partial charge on any atom is 0.251 e. The van der Waals surface area contributed by atoms with Gasteiger partial charge in [-0.3, -0.25) is 4.79 Å². The summed E-state index contributed by atoms with van der Waals surface area (Å²) in [6, 6.07) is 2.04. The Hall–Kier alpha value is -1.69. The fourth-order valence-electron chi connectivity index (χ4n) is 3.24. The second kappa shape index (κ2) is 7.25. The number of aromatic nitrogens is 2. The second-order valence-corrected chi connectivity index (χ2v) is 6.35. The predicted molar refractivity (Wildman–Crippen MR) is 88.5 cm³/mol. The average molecular weight is 318 g/mol. The van der Waals surface area contributed by atoms with Crippen LogP contribution in [0.2, 0.25) is 0 Å². The van der Waals surface area contributed by atoms with Crippen molar-refractivity contribution in [2.24, 2.45) is 0 Å². The molecule has 6 nitrogen and oxygen atoms in total. The first-order valence-corrected chi connectivity index (χ1v) is 8.67. The van der Waals surface area contributed by atoms with Crippen LogP contribution >= 0.6 is 0 Å². The molecule has 23 heavy (non-hydrogen) atoms. The smallest absolute Gasteiger partial charge is 0.251 e. The van der Waals surface area contributed by atoms with Gasteiger partial charge in [-0.2, -0.15) is 0 Å². The SMILES string of the molecule is CCCc1nc(C)cc(N2CCN(C(=O)[C@@H]3CCCO3)CC2)n1. The zero-order valence-electron chi connectivity index (χ0n) is 14.1. The standard InChI is InChI=1S/C17H26N4O2/c1-3-5-15-18-13(2)12-16(19-15)20-7-9-21(10-8-20)17(22)14-6-4-11-23-14/h12,14H,3-11H2,1-2H3/t14-/m0/s1. The quantitative estimate of drug-likeness (QED) is 0.843. The van der Waals surface area contributed by atoms with Gasteiger partial charge in [-0.05, 0) is 26.2 Å². The van der Waals surface area contributed by atoms with Crippen molar-refractivity contribution in [3.05, 3.63) is 17.6 Å². The van der Waals surface area contributed by atoms with Gasteiger partial charge in [0.1, 0.15) is 17.7 Å². The summed E-state index contributed by atoms with van der Waals surface area (Å²) in [6.07, 6.45) is 3.61. The molecule has 0 aliphatic carbocycles. The van der Waals surface area contributed by atoms with Crippen molar-refractivity contribution >= 4 is 11.7 Å². The van der Waals surface area contributed by atoms with Crippen molar-refractivity contribution in [2.45, 2.75) is 45.6 Å². The number of aryl methyl sites for hydroxylation is 2. The summed E-state index contributed by atoms with van der Waals surface area (Å²) < 4.78 is 5.51. The Bertz CT molecular complexity index is 550. The number of amides is 1. The molecule has 1 atom stereocenters. The summed E-state index contributed by atoms with van der Waals surface area (Å²) >= 11 is 0. The Morgan fingerprint density at radius 1 is 1.30 bits per heavy atom. The Balaban J connectivity index is 1.61. The highest BCUT2D eigenvalue weighted by Gasteiger charge is 2.30. The topological polar surface area (TPSA) is 58.6 Å². The van der Waals surface area contributed by atoms with Crippen LogP contribution in [-0.2, 0) is 16.0 Å². The number of rotatable bonds is 4. The van der Waals surface area contributed by atoms with Gasteiger partial charge in [0.05, 0.1) is 0 Å². The van der Waals surface area contributed by atoms with Crippen molar-refractivity contribution < 1.29 is 9.53 Å². The van der Waals surface area contributed by atoms with Gasteiger partial charge in [0.15, 0.2) is 0 Å². The Kier molecular flexibility index (Phi) is 5.10. The van der Waals surface area contributed by atoms with Crippen LogP contribution in [0.4, 0.5) is 5.82 Å². The minimum absolute atomic E-state index is 0.160. The number of anilines is 1. The lowest BCUT2D eigenvalue weighted by Gasteiger charge is -2.36. The van der Waals surface area contributed by atoms with Gasteiger partial charge < -0.3 is 14.5 Å².